The Morgan fingerprint density at radius 3 is 1.01 bits per heavy atom. The number of benzene rings is 11. The molecule has 0 saturated heterocycles. The number of hydrogen-bond donors (Lipinski definition) is 0. The maximum atomic E-state index is 2.56. The molecule has 0 spiro atoms. The van der Waals surface area contributed by atoms with E-state index in [1.165, 1.54) is 102 Å². The molecule has 0 amide bonds. The molecule has 0 aliphatic carbocycles. The molecule has 2 nitrogen and oxygen atoms in total. The lowest BCUT2D eigenvalue weighted by molar-refractivity contribution is 1.05. The van der Waals surface area contributed by atoms with Gasteiger partial charge in [-0.3, -0.25) is 0 Å². The van der Waals surface area contributed by atoms with Gasteiger partial charge in [-0.05, 0) is 108 Å². The van der Waals surface area contributed by atoms with Gasteiger partial charge < -0.3 is 9.13 Å². The molecule has 69 heavy (non-hydrogen) atoms. The summed E-state index contributed by atoms with van der Waals surface area (Å²) in [6.07, 6.45) is 5.61. The van der Waals surface area contributed by atoms with Gasteiger partial charge in [-0.15, -0.1) is 0 Å². The molecular formula is C67H52N2. The van der Waals surface area contributed by atoms with Gasteiger partial charge in [0.2, 0.25) is 0 Å². The first-order valence-electron chi connectivity index (χ1n) is 24.5. The number of rotatable bonds is 3. The van der Waals surface area contributed by atoms with Crippen molar-refractivity contribution in [1.29, 1.82) is 0 Å². The van der Waals surface area contributed by atoms with Crippen molar-refractivity contribution in [2.75, 3.05) is 0 Å². The SMILES string of the molecule is C/C=c1\c(=C/CC)n(-c2ccc3ccc4c(-n5c6ccccc6c6ccccc6c6ccccc6c6ccccc65)ccc5ccc2c3c54)c2ccccc2c2ccccc2c2ccccc12.CC. The van der Waals surface area contributed by atoms with E-state index >= 15 is 0 Å². The average Bonchev–Trinajstić information content (AvgIpc) is 3.49. The van der Waals surface area contributed by atoms with Gasteiger partial charge in [0.1, 0.15) is 0 Å². The highest BCUT2D eigenvalue weighted by molar-refractivity contribution is 6.27. The lowest BCUT2D eigenvalue weighted by atomic mass is 9.92. The molecular weight excluding hydrogens is 833 g/mol. The minimum Gasteiger partial charge on any atom is -0.309 e. The third kappa shape index (κ3) is 6.55. The Morgan fingerprint density at radius 1 is 0.319 bits per heavy atom. The van der Waals surface area contributed by atoms with Gasteiger partial charge in [0, 0.05) is 37.5 Å². The monoisotopic (exact) mass is 884 g/mol. The van der Waals surface area contributed by atoms with Crippen LogP contribution in [-0.2, 0) is 0 Å². The molecule has 0 atom stereocenters. The summed E-state index contributed by atoms with van der Waals surface area (Å²) in [6, 6.07) is 81.4. The first-order valence-corrected chi connectivity index (χ1v) is 24.5. The Labute approximate surface area is 401 Å². The number of nitrogens with zero attached hydrogens (tertiary/aromatic N) is 2. The largest absolute Gasteiger partial charge is 0.309 e. The topological polar surface area (TPSA) is 9.86 Å². The average molecular weight is 885 g/mol. The zero-order chi connectivity index (χ0) is 46.6. The molecule has 0 aliphatic rings. The number of para-hydroxylation sites is 3. The molecule has 0 bridgehead atoms. The van der Waals surface area contributed by atoms with Crippen molar-refractivity contribution in [3.63, 3.8) is 0 Å². The molecule has 13 rings (SSSR count). The molecule has 11 aromatic carbocycles. The van der Waals surface area contributed by atoms with Crippen molar-refractivity contribution in [3.05, 3.63) is 229 Å². The third-order valence-corrected chi connectivity index (χ3v) is 14.2. The lowest BCUT2D eigenvalue weighted by Gasteiger charge is -2.20. The zero-order valence-corrected chi connectivity index (χ0v) is 39.5. The van der Waals surface area contributed by atoms with Gasteiger partial charge in [0.15, 0.2) is 0 Å². The van der Waals surface area contributed by atoms with Crippen LogP contribution in [0.25, 0.3) is 132 Å². The third-order valence-electron chi connectivity index (χ3n) is 14.2. The van der Waals surface area contributed by atoms with Crippen LogP contribution in [0.15, 0.2) is 218 Å². The fourth-order valence-electron chi connectivity index (χ4n) is 11.4. The van der Waals surface area contributed by atoms with Crippen molar-refractivity contribution in [1.82, 2.24) is 9.13 Å². The van der Waals surface area contributed by atoms with Crippen LogP contribution in [0, 0.1) is 0 Å². The van der Waals surface area contributed by atoms with E-state index < -0.39 is 0 Å². The highest BCUT2D eigenvalue weighted by Crippen LogP contribution is 2.42. The molecule has 2 aromatic heterocycles. The van der Waals surface area contributed by atoms with Crippen molar-refractivity contribution < 1.29 is 0 Å². The Balaban J connectivity index is 0.00000243. The van der Waals surface area contributed by atoms with Crippen LogP contribution in [0.3, 0.4) is 0 Å². The van der Waals surface area contributed by atoms with Crippen molar-refractivity contribution >= 4 is 120 Å². The Morgan fingerprint density at radius 2 is 0.623 bits per heavy atom. The van der Waals surface area contributed by atoms with Crippen LogP contribution in [0.5, 0.6) is 0 Å². The van der Waals surface area contributed by atoms with E-state index in [1.54, 1.807) is 0 Å². The molecule has 330 valence electrons. The van der Waals surface area contributed by atoms with Crippen molar-refractivity contribution in [3.8, 4) is 11.4 Å². The van der Waals surface area contributed by atoms with Crippen LogP contribution < -0.4 is 10.6 Å². The van der Waals surface area contributed by atoms with E-state index in [-0.39, 0.29) is 0 Å². The highest BCUT2D eigenvalue weighted by Gasteiger charge is 2.19. The zero-order valence-electron chi connectivity index (χ0n) is 39.5. The fraction of sp³-hybridized carbons (Fsp3) is 0.0746. The number of hydrogen-bond acceptors (Lipinski definition) is 0. The first-order chi connectivity index (χ1) is 34.2. The molecule has 2 heteroatoms. The predicted molar refractivity (Wildman–Crippen MR) is 302 cm³/mol. The molecule has 13 aromatic rings. The number of fused-ring (bicyclic) bond motifs is 12. The summed E-state index contributed by atoms with van der Waals surface area (Å²) in [4.78, 5) is 0. The van der Waals surface area contributed by atoms with Gasteiger partial charge in [0.05, 0.1) is 27.9 Å². The van der Waals surface area contributed by atoms with E-state index in [0.717, 1.165) is 34.3 Å². The standard InChI is InChI=1S/C65H46N2.C2H6/c1-3-19-58-44(4-2)45-20-5-6-21-46(45)47-22-7-10-25-50(47)53-28-13-16-31-59(53)66(58)62-40-36-42-35-39-57-63(41-37-43-34-38-56(62)64(42)65(43)57)67-60-32-17-14-29-54(60)51-26-11-8-23-48(51)49-24-9-12-27-52(49)55-30-15-18-33-61(55)67;1-2/h4-41H,3H2,1-2H3;1-2H3/b44-4-,58-19+;. The van der Waals surface area contributed by atoms with E-state index in [9.17, 15) is 0 Å². The summed E-state index contributed by atoms with van der Waals surface area (Å²) in [7, 11) is 0. The first kappa shape index (κ1) is 41.9. The lowest BCUT2D eigenvalue weighted by Crippen LogP contribution is -2.33. The summed E-state index contributed by atoms with van der Waals surface area (Å²) in [6.45, 7) is 8.44. The van der Waals surface area contributed by atoms with E-state index in [4.69, 9.17) is 0 Å². The molecule has 0 saturated carbocycles. The maximum absolute atomic E-state index is 2.56. The second kappa shape index (κ2) is 17.3. The summed E-state index contributed by atoms with van der Waals surface area (Å²) >= 11 is 0. The maximum Gasteiger partial charge on any atom is 0.0541 e. The summed E-state index contributed by atoms with van der Waals surface area (Å²) in [5.41, 5.74) is 5.75. The van der Waals surface area contributed by atoms with E-state index in [2.05, 4.69) is 254 Å². The Kier molecular flexibility index (Phi) is 10.5. The van der Waals surface area contributed by atoms with Crippen LogP contribution in [0.2, 0.25) is 0 Å². The van der Waals surface area contributed by atoms with Gasteiger partial charge in [-0.2, -0.15) is 0 Å². The highest BCUT2D eigenvalue weighted by atomic mass is 15.0. The Hall–Kier alpha value is -8.46. The Bertz CT molecular complexity index is 4350. The summed E-state index contributed by atoms with van der Waals surface area (Å²) in [5, 5.41) is 23.2. The molecule has 0 aliphatic heterocycles. The predicted octanol–water partition coefficient (Wildman–Crippen LogP) is 17.5. The van der Waals surface area contributed by atoms with Crippen LogP contribution in [-0.4, -0.2) is 9.13 Å². The quantitative estimate of drug-likeness (QED) is 0.156. The van der Waals surface area contributed by atoms with E-state index in [1.807, 2.05) is 13.8 Å². The number of aromatic nitrogens is 2. The molecule has 0 N–H and O–H groups in total. The van der Waals surface area contributed by atoms with Gasteiger partial charge in [0.25, 0.3) is 0 Å². The summed E-state index contributed by atoms with van der Waals surface area (Å²) in [5.74, 6) is 0. The second-order valence-corrected chi connectivity index (χ2v) is 17.7. The van der Waals surface area contributed by atoms with Crippen LogP contribution in [0.4, 0.5) is 0 Å². The molecule has 0 fully saturated rings. The van der Waals surface area contributed by atoms with Crippen LogP contribution >= 0.6 is 0 Å². The van der Waals surface area contributed by atoms with Crippen molar-refractivity contribution in [2.24, 2.45) is 0 Å². The molecule has 2 heterocycles. The van der Waals surface area contributed by atoms with Gasteiger partial charge in [-0.25, -0.2) is 0 Å². The normalized spacial score (nSPS) is 12.3. The second-order valence-electron chi connectivity index (χ2n) is 17.7. The fourth-order valence-corrected chi connectivity index (χ4v) is 11.4. The smallest absolute Gasteiger partial charge is 0.0541 e. The minimum atomic E-state index is 0.878. The van der Waals surface area contributed by atoms with Gasteiger partial charge in [-0.1, -0.05) is 221 Å². The minimum absolute atomic E-state index is 0.878. The summed E-state index contributed by atoms with van der Waals surface area (Å²) < 4.78 is 5.09. The van der Waals surface area contributed by atoms with E-state index in [0.29, 0.717) is 0 Å². The van der Waals surface area contributed by atoms with Crippen LogP contribution in [0.1, 0.15) is 34.1 Å². The molecule has 0 unspecified atom stereocenters. The molecule has 0 radical (unpaired) electrons. The van der Waals surface area contributed by atoms with Gasteiger partial charge >= 0.3 is 0 Å². The van der Waals surface area contributed by atoms with Crippen molar-refractivity contribution in [2.45, 2.75) is 34.1 Å².